The molecular weight excluding hydrogens is 92.1 g/mol. The Morgan fingerprint density at radius 2 is 2.50 bits per heavy atom. The highest BCUT2D eigenvalue weighted by molar-refractivity contribution is 7.81. The minimum atomic E-state index is 0.574. The second-order valence-corrected chi connectivity index (χ2v) is 2.45. The van der Waals surface area contributed by atoms with E-state index < -0.39 is 0 Å². The summed E-state index contributed by atoms with van der Waals surface area (Å²) in [4.78, 5) is 0. The van der Waals surface area contributed by atoms with Crippen LogP contribution in [0, 0.1) is 0 Å². The van der Waals surface area contributed by atoms with E-state index in [1.807, 2.05) is 0 Å². The normalized spacial score (nSPS) is 31.7. The van der Waals surface area contributed by atoms with Crippen molar-refractivity contribution in [2.75, 3.05) is 0 Å². The first-order valence-electron chi connectivity index (χ1n) is 2.14. The van der Waals surface area contributed by atoms with Gasteiger partial charge in [0.25, 0.3) is 0 Å². The van der Waals surface area contributed by atoms with Crippen LogP contribution in [0.4, 0.5) is 0 Å². The molecule has 0 radical (unpaired) electrons. The van der Waals surface area contributed by atoms with Crippen LogP contribution < -0.4 is 0 Å². The van der Waals surface area contributed by atoms with Crippen molar-refractivity contribution in [1.29, 1.82) is 0 Å². The number of hydrogen-bond donors (Lipinski definition) is 1. The van der Waals surface area contributed by atoms with Gasteiger partial charge in [0.2, 0.25) is 0 Å². The minimum absolute atomic E-state index is 0.574. The van der Waals surface area contributed by atoms with Crippen molar-refractivity contribution in [2.24, 2.45) is 0 Å². The summed E-state index contributed by atoms with van der Waals surface area (Å²) in [6, 6.07) is 0. The molecule has 0 fully saturated rings. The standard InChI is InChI=1S/C5H8S/c1-4-2-5(6)3-4/h2,5-6H,3H2,1H3/t5-/m0/s1. The van der Waals surface area contributed by atoms with Gasteiger partial charge in [-0.05, 0) is 13.3 Å². The minimum Gasteiger partial charge on any atom is -0.171 e. The van der Waals surface area contributed by atoms with Crippen LogP contribution in [0.1, 0.15) is 13.3 Å². The van der Waals surface area contributed by atoms with E-state index in [-0.39, 0.29) is 0 Å². The molecule has 0 N–H and O–H groups in total. The Morgan fingerprint density at radius 3 is 2.50 bits per heavy atom. The average molecular weight is 100 g/mol. The quantitative estimate of drug-likeness (QED) is 0.347. The van der Waals surface area contributed by atoms with E-state index in [2.05, 4.69) is 25.6 Å². The van der Waals surface area contributed by atoms with E-state index >= 15 is 0 Å². The van der Waals surface area contributed by atoms with Crippen molar-refractivity contribution in [3.8, 4) is 0 Å². The van der Waals surface area contributed by atoms with Crippen LogP contribution in [-0.2, 0) is 0 Å². The Labute approximate surface area is 43.7 Å². The van der Waals surface area contributed by atoms with E-state index in [0.717, 1.165) is 0 Å². The maximum absolute atomic E-state index is 4.17. The lowest BCUT2D eigenvalue weighted by Crippen LogP contribution is -2.05. The van der Waals surface area contributed by atoms with Gasteiger partial charge in [-0.2, -0.15) is 12.6 Å². The number of hydrogen-bond acceptors (Lipinski definition) is 1. The van der Waals surface area contributed by atoms with Crippen LogP contribution in [0.3, 0.4) is 0 Å². The molecule has 1 aliphatic rings. The molecular formula is C5H8S. The van der Waals surface area contributed by atoms with Crippen molar-refractivity contribution in [2.45, 2.75) is 18.6 Å². The average Bonchev–Trinajstić information content (AvgIpc) is 1.33. The highest BCUT2D eigenvalue weighted by Crippen LogP contribution is 2.21. The summed E-state index contributed by atoms with van der Waals surface area (Å²) >= 11 is 4.17. The van der Waals surface area contributed by atoms with E-state index in [0.29, 0.717) is 5.25 Å². The van der Waals surface area contributed by atoms with Gasteiger partial charge < -0.3 is 0 Å². The molecule has 1 rings (SSSR count). The fourth-order valence-corrected chi connectivity index (χ4v) is 1.17. The van der Waals surface area contributed by atoms with Crippen molar-refractivity contribution in [3.05, 3.63) is 11.6 Å². The molecule has 0 aromatic carbocycles. The highest BCUT2D eigenvalue weighted by atomic mass is 32.1. The van der Waals surface area contributed by atoms with Crippen LogP contribution in [0.25, 0.3) is 0 Å². The third kappa shape index (κ3) is 0.597. The molecule has 0 aromatic rings. The van der Waals surface area contributed by atoms with Gasteiger partial charge in [0, 0.05) is 5.25 Å². The molecule has 34 valence electrons. The van der Waals surface area contributed by atoms with E-state index in [4.69, 9.17) is 0 Å². The van der Waals surface area contributed by atoms with Crippen molar-refractivity contribution in [1.82, 2.24) is 0 Å². The van der Waals surface area contributed by atoms with Crippen LogP contribution in [-0.4, -0.2) is 5.25 Å². The Bertz CT molecular complexity index is 83.9. The van der Waals surface area contributed by atoms with Crippen LogP contribution in [0.2, 0.25) is 0 Å². The van der Waals surface area contributed by atoms with E-state index in [1.54, 1.807) is 0 Å². The van der Waals surface area contributed by atoms with Crippen LogP contribution in [0.15, 0.2) is 11.6 Å². The zero-order valence-electron chi connectivity index (χ0n) is 3.81. The molecule has 0 unspecified atom stereocenters. The zero-order chi connectivity index (χ0) is 4.57. The molecule has 0 heterocycles. The summed E-state index contributed by atoms with van der Waals surface area (Å²) < 4.78 is 0. The summed E-state index contributed by atoms with van der Waals surface area (Å²) in [5.74, 6) is 0. The zero-order valence-corrected chi connectivity index (χ0v) is 4.70. The van der Waals surface area contributed by atoms with E-state index in [1.165, 1.54) is 12.0 Å². The Morgan fingerprint density at radius 1 is 2.00 bits per heavy atom. The molecule has 0 nitrogen and oxygen atoms in total. The molecule has 0 bridgehead atoms. The second-order valence-electron chi connectivity index (χ2n) is 1.78. The van der Waals surface area contributed by atoms with Gasteiger partial charge in [-0.3, -0.25) is 0 Å². The molecule has 1 aliphatic carbocycles. The van der Waals surface area contributed by atoms with Crippen molar-refractivity contribution >= 4 is 12.6 Å². The fourth-order valence-electron chi connectivity index (χ4n) is 0.625. The molecule has 0 saturated carbocycles. The molecule has 6 heavy (non-hydrogen) atoms. The molecule has 1 heteroatoms. The largest absolute Gasteiger partial charge is 0.171 e. The first-order valence-corrected chi connectivity index (χ1v) is 2.66. The molecule has 0 spiro atoms. The van der Waals surface area contributed by atoms with Crippen LogP contribution >= 0.6 is 12.6 Å². The molecule has 0 saturated heterocycles. The molecule has 0 amide bonds. The van der Waals surface area contributed by atoms with Gasteiger partial charge >= 0.3 is 0 Å². The lowest BCUT2D eigenvalue weighted by atomic mass is 10.0. The fraction of sp³-hybridized carbons (Fsp3) is 0.600. The smallest absolute Gasteiger partial charge is 0.0236 e. The van der Waals surface area contributed by atoms with Gasteiger partial charge in [-0.1, -0.05) is 11.6 Å². The summed E-state index contributed by atoms with van der Waals surface area (Å²) in [6.45, 7) is 2.13. The third-order valence-corrected chi connectivity index (χ3v) is 1.34. The second kappa shape index (κ2) is 1.30. The van der Waals surface area contributed by atoms with Crippen molar-refractivity contribution in [3.63, 3.8) is 0 Å². The van der Waals surface area contributed by atoms with Crippen molar-refractivity contribution < 1.29 is 0 Å². The van der Waals surface area contributed by atoms with Gasteiger partial charge in [0.15, 0.2) is 0 Å². The van der Waals surface area contributed by atoms with E-state index in [9.17, 15) is 0 Å². The topological polar surface area (TPSA) is 0 Å². The first-order chi connectivity index (χ1) is 2.79. The predicted molar refractivity (Wildman–Crippen MR) is 31.1 cm³/mol. The number of rotatable bonds is 0. The monoisotopic (exact) mass is 100 g/mol. The third-order valence-electron chi connectivity index (χ3n) is 1.01. The SMILES string of the molecule is CC1=C[C@H](S)C1. The predicted octanol–water partition coefficient (Wildman–Crippen LogP) is 1.63. The maximum atomic E-state index is 4.17. The maximum Gasteiger partial charge on any atom is 0.0236 e. The Kier molecular flexibility index (Phi) is 0.922. The van der Waals surface area contributed by atoms with Gasteiger partial charge in [-0.25, -0.2) is 0 Å². The summed E-state index contributed by atoms with van der Waals surface area (Å²) in [5, 5.41) is 0.574. The van der Waals surface area contributed by atoms with Crippen LogP contribution in [0.5, 0.6) is 0 Å². The summed E-state index contributed by atoms with van der Waals surface area (Å²) in [7, 11) is 0. The summed E-state index contributed by atoms with van der Waals surface area (Å²) in [6.07, 6.45) is 3.37. The number of thiol groups is 1. The van der Waals surface area contributed by atoms with Gasteiger partial charge in [-0.15, -0.1) is 0 Å². The molecule has 0 aromatic heterocycles. The lowest BCUT2D eigenvalue weighted by Gasteiger charge is -2.15. The molecule has 0 aliphatic heterocycles. The Hall–Kier alpha value is 0.0900. The Balaban J connectivity index is 2.46. The van der Waals surface area contributed by atoms with Gasteiger partial charge in [0.1, 0.15) is 0 Å². The first kappa shape index (κ1) is 4.25. The van der Waals surface area contributed by atoms with Gasteiger partial charge in [0.05, 0.1) is 0 Å². The lowest BCUT2D eigenvalue weighted by molar-refractivity contribution is 0.899. The highest BCUT2D eigenvalue weighted by Gasteiger charge is 2.08. The summed E-state index contributed by atoms with van der Waals surface area (Å²) in [5.41, 5.74) is 1.48. The molecule has 1 atom stereocenters. The number of allylic oxidation sites excluding steroid dienone is 1.